The van der Waals surface area contributed by atoms with Crippen LogP contribution in [0.1, 0.15) is 28.2 Å². The van der Waals surface area contributed by atoms with Crippen molar-refractivity contribution in [1.29, 1.82) is 0 Å². The number of ether oxygens (including phenoxy) is 1. The van der Waals surface area contributed by atoms with Crippen LogP contribution in [0.4, 0.5) is 4.39 Å². The molecule has 2 aromatic carbocycles. The summed E-state index contributed by atoms with van der Waals surface area (Å²) in [6.07, 6.45) is 0.474. The Balaban J connectivity index is 1.47. The lowest BCUT2D eigenvalue weighted by atomic mass is 9.94. The van der Waals surface area contributed by atoms with Crippen molar-refractivity contribution in [3.63, 3.8) is 0 Å². The SMILES string of the molecule is O=C(N[C@@H]1CCOC[C@@H]1C(=O)NO)c1ccc(Cn2c(CF)nc3ccccc32)cc1. The van der Waals surface area contributed by atoms with Gasteiger partial charge in [0.15, 0.2) is 0 Å². The predicted molar refractivity (Wildman–Crippen MR) is 110 cm³/mol. The number of halogens is 1. The topological polar surface area (TPSA) is 105 Å². The number of imidazole rings is 1. The van der Waals surface area contributed by atoms with Crippen molar-refractivity contribution in [2.24, 2.45) is 5.92 Å². The largest absolute Gasteiger partial charge is 0.380 e. The fraction of sp³-hybridized carbons (Fsp3) is 0.318. The molecule has 0 unspecified atom stereocenters. The van der Waals surface area contributed by atoms with E-state index in [9.17, 15) is 14.0 Å². The number of rotatable bonds is 6. The van der Waals surface area contributed by atoms with E-state index in [1.807, 2.05) is 41.0 Å². The van der Waals surface area contributed by atoms with Crippen molar-refractivity contribution in [3.8, 4) is 0 Å². The summed E-state index contributed by atoms with van der Waals surface area (Å²) in [5.74, 6) is -1.20. The Kier molecular flexibility index (Phi) is 6.24. The van der Waals surface area contributed by atoms with Crippen LogP contribution in [0.3, 0.4) is 0 Å². The van der Waals surface area contributed by atoms with Gasteiger partial charge in [-0.05, 0) is 36.2 Å². The van der Waals surface area contributed by atoms with Gasteiger partial charge in [-0.15, -0.1) is 0 Å². The van der Waals surface area contributed by atoms with Crippen LogP contribution in [-0.4, -0.2) is 45.8 Å². The minimum Gasteiger partial charge on any atom is -0.380 e. The summed E-state index contributed by atoms with van der Waals surface area (Å²) < 4.78 is 20.5. The van der Waals surface area contributed by atoms with Crippen LogP contribution < -0.4 is 10.8 Å². The third-order valence-corrected chi connectivity index (χ3v) is 5.53. The number of hydroxylamine groups is 1. The molecule has 3 N–H and O–H groups in total. The van der Waals surface area contributed by atoms with Gasteiger partial charge >= 0.3 is 0 Å². The summed E-state index contributed by atoms with van der Waals surface area (Å²) in [5.41, 5.74) is 4.56. The minimum absolute atomic E-state index is 0.131. The van der Waals surface area contributed by atoms with E-state index in [4.69, 9.17) is 9.94 Å². The zero-order valence-corrected chi connectivity index (χ0v) is 16.8. The average molecular weight is 426 g/mol. The number of benzene rings is 2. The first-order valence-corrected chi connectivity index (χ1v) is 10.0. The van der Waals surface area contributed by atoms with Gasteiger partial charge in [-0.1, -0.05) is 24.3 Å². The Hall–Kier alpha value is -3.30. The molecule has 1 fully saturated rings. The molecule has 2 atom stereocenters. The lowest BCUT2D eigenvalue weighted by molar-refractivity contribution is -0.138. The van der Waals surface area contributed by atoms with Gasteiger partial charge in [0.1, 0.15) is 12.5 Å². The van der Waals surface area contributed by atoms with Gasteiger partial charge in [-0.2, -0.15) is 0 Å². The standard InChI is InChI=1S/C22H23FN4O4/c23-11-20-24-18-3-1-2-4-19(18)27(20)12-14-5-7-15(8-6-14)21(28)25-17-9-10-31-13-16(17)22(29)26-30/h1-8,16-17,30H,9-13H2,(H,25,28)(H,26,29)/t16-,17+/m0/s1. The number of hydrogen-bond donors (Lipinski definition) is 3. The van der Waals surface area contributed by atoms with E-state index >= 15 is 0 Å². The molecule has 2 heterocycles. The molecule has 31 heavy (non-hydrogen) atoms. The molecule has 0 aliphatic carbocycles. The van der Waals surface area contributed by atoms with Crippen LogP contribution in [0.2, 0.25) is 0 Å². The van der Waals surface area contributed by atoms with E-state index < -0.39 is 24.5 Å². The number of para-hydroxylation sites is 2. The maximum absolute atomic E-state index is 13.4. The monoisotopic (exact) mass is 426 g/mol. The van der Waals surface area contributed by atoms with Crippen LogP contribution in [0.15, 0.2) is 48.5 Å². The first-order chi connectivity index (χ1) is 15.1. The van der Waals surface area contributed by atoms with Gasteiger partial charge in [0, 0.05) is 24.8 Å². The quantitative estimate of drug-likeness (QED) is 0.414. The van der Waals surface area contributed by atoms with Gasteiger partial charge in [0.05, 0.1) is 23.6 Å². The van der Waals surface area contributed by atoms with Crippen LogP contribution >= 0.6 is 0 Å². The molecule has 1 aliphatic heterocycles. The normalized spacial score (nSPS) is 18.6. The summed E-state index contributed by atoms with van der Waals surface area (Å²) in [4.78, 5) is 28.8. The summed E-state index contributed by atoms with van der Waals surface area (Å²) in [6, 6.07) is 14.1. The molecule has 0 radical (unpaired) electrons. The van der Waals surface area contributed by atoms with Crippen molar-refractivity contribution in [2.75, 3.05) is 13.2 Å². The Morgan fingerprint density at radius 1 is 1.19 bits per heavy atom. The number of aromatic nitrogens is 2. The third kappa shape index (κ3) is 4.42. The van der Waals surface area contributed by atoms with Crippen LogP contribution in [0.5, 0.6) is 0 Å². The third-order valence-electron chi connectivity index (χ3n) is 5.53. The summed E-state index contributed by atoms with van der Waals surface area (Å²) in [6.45, 7) is 0.324. The Morgan fingerprint density at radius 3 is 2.71 bits per heavy atom. The highest BCUT2D eigenvalue weighted by Crippen LogP contribution is 2.20. The summed E-state index contributed by atoms with van der Waals surface area (Å²) in [7, 11) is 0. The first kappa shape index (κ1) is 21.0. The van der Waals surface area contributed by atoms with Crippen molar-refractivity contribution < 1.29 is 23.9 Å². The number of amides is 2. The van der Waals surface area contributed by atoms with E-state index in [2.05, 4.69) is 10.3 Å². The van der Waals surface area contributed by atoms with E-state index in [1.165, 1.54) is 0 Å². The predicted octanol–water partition coefficient (Wildman–Crippen LogP) is 2.19. The van der Waals surface area contributed by atoms with Gasteiger partial charge in [-0.3, -0.25) is 14.8 Å². The van der Waals surface area contributed by atoms with E-state index in [0.717, 1.165) is 16.6 Å². The maximum Gasteiger partial charge on any atom is 0.251 e. The Morgan fingerprint density at radius 2 is 1.97 bits per heavy atom. The number of carbonyl (C=O) groups is 2. The number of nitrogens with zero attached hydrogens (tertiary/aromatic N) is 2. The number of fused-ring (bicyclic) bond motifs is 1. The van der Waals surface area contributed by atoms with Crippen molar-refractivity contribution in [2.45, 2.75) is 25.7 Å². The van der Waals surface area contributed by atoms with Crippen molar-refractivity contribution in [3.05, 3.63) is 65.5 Å². The molecule has 3 aromatic rings. The maximum atomic E-state index is 13.4. The molecule has 2 amide bonds. The van der Waals surface area contributed by atoms with E-state index in [1.54, 1.807) is 17.6 Å². The molecule has 1 aromatic heterocycles. The molecule has 162 valence electrons. The molecule has 4 rings (SSSR count). The lowest BCUT2D eigenvalue weighted by Crippen LogP contribution is -2.51. The van der Waals surface area contributed by atoms with Gasteiger partial charge in [0.2, 0.25) is 0 Å². The second-order valence-corrected chi connectivity index (χ2v) is 7.46. The second kappa shape index (κ2) is 9.23. The van der Waals surface area contributed by atoms with Gasteiger partial charge in [-0.25, -0.2) is 14.9 Å². The van der Waals surface area contributed by atoms with Crippen molar-refractivity contribution >= 4 is 22.8 Å². The highest BCUT2D eigenvalue weighted by atomic mass is 19.1. The molecular weight excluding hydrogens is 403 g/mol. The van der Waals surface area contributed by atoms with E-state index in [-0.39, 0.29) is 12.5 Å². The highest BCUT2D eigenvalue weighted by Gasteiger charge is 2.32. The first-order valence-electron chi connectivity index (χ1n) is 10.0. The fourth-order valence-corrected chi connectivity index (χ4v) is 3.85. The zero-order chi connectivity index (χ0) is 21.8. The molecule has 0 spiro atoms. The highest BCUT2D eigenvalue weighted by molar-refractivity contribution is 5.95. The molecule has 0 bridgehead atoms. The number of alkyl halides is 1. The number of nitrogens with one attached hydrogen (secondary N) is 2. The molecule has 0 saturated carbocycles. The summed E-state index contributed by atoms with van der Waals surface area (Å²) in [5, 5.41) is 11.7. The van der Waals surface area contributed by atoms with Crippen LogP contribution in [0, 0.1) is 5.92 Å². The molecular formula is C22H23FN4O4. The van der Waals surface area contributed by atoms with Crippen molar-refractivity contribution in [1.82, 2.24) is 20.3 Å². The Bertz CT molecular complexity index is 1080. The molecule has 8 nitrogen and oxygen atoms in total. The van der Waals surface area contributed by atoms with E-state index in [0.29, 0.717) is 31.0 Å². The van der Waals surface area contributed by atoms with Crippen LogP contribution in [0.25, 0.3) is 11.0 Å². The molecule has 1 aliphatic rings. The van der Waals surface area contributed by atoms with Gasteiger partial charge in [0.25, 0.3) is 11.8 Å². The minimum atomic E-state index is -0.664. The second-order valence-electron chi connectivity index (χ2n) is 7.46. The summed E-state index contributed by atoms with van der Waals surface area (Å²) >= 11 is 0. The smallest absolute Gasteiger partial charge is 0.251 e. The number of carbonyl (C=O) groups excluding carboxylic acids is 2. The molecule has 1 saturated heterocycles. The fourth-order valence-electron chi connectivity index (χ4n) is 3.85. The Labute approximate surface area is 178 Å². The van der Waals surface area contributed by atoms with Crippen LogP contribution in [-0.2, 0) is 22.8 Å². The van der Waals surface area contributed by atoms with Gasteiger partial charge < -0.3 is 14.6 Å². The average Bonchev–Trinajstić information content (AvgIpc) is 3.17. The lowest BCUT2D eigenvalue weighted by Gasteiger charge is -2.30. The number of hydrogen-bond acceptors (Lipinski definition) is 5. The molecule has 9 heteroatoms. The zero-order valence-electron chi connectivity index (χ0n) is 16.8.